The van der Waals surface area contributed by atoms with Gasteiger partial charge in [-0.2, -0.15) is 11.3 Å². The molecule has 5 nitrogen and oxygen atoms in total. The monoisotopic (exact) mass is 321 g/mol. The number of aryl methyl sites for hydroxylation is 2. The van der Waals surface area contributed by atoms with E-state index in [1.54, 1.807) is 18.5 Å². The highest BCUT2D eigenvalue weighted by atomic mass is 32.2. The van der Waals surface area contributed by atoms with Crippen LogP contribution in [0.5, 0.6) is 0 Å². The molecule has 0 amide bonds. The summed E-state index contributed by atoms with van der Waals surface area (Å²) in [4.78, 5) is 9.30. The average molecular weight is 321 g/mol. The molecule has 0 aliphatic rings. The minimum absolute atomic E-state index is 0.0814. The molecule has 0 radical (unpaired) electrons. The van der Waals surface area contributed by atoms with Gasteiger partial charge in [-0.15, -0.1) is 0 Å². The molecule has 0 aliphatic heterocycles. The van der Waals surface area contributed by atoms with Gasteiger partial charge in [-0.25, -0.2) is 18.4 Å². The van der Waals surface area contributed by atoms with Crippen LogP contribution in [-0.2, 0) is 16.9 Å². The first-order chi connectivity index (χ1) is 9.94. The van der Waals surface area contributed by atoms with E-state index in [2.05, 4.69) is 9.97 Å². The van der Waals surface area contributed by atoms with Gasteiger partial charge in [0.1, 0.15) is 11.3 Å². The van der Waals surface area contributed by atoms with Gasteiger partial charge in [0.15, 0.2) is 15.5 Å². The normalized spacial score (nSPS) is 12.1. The molecule has 0 bridgehead atoms. The van der Waals surface area contributed by atoms with Crippen LogP contribution in [0.1, 0.15) is 12.5 Å². The number of sulfone groups is 1. The summed E-state index contributed by atoms with van der Waals surface area (Å²) in [5.41, 5.74) is 3.21. The lowest BCUT2D eigenvalue weighted by atomic mass is 10.3. The third-order valence-electron chi connectivity index (χ3n) is 3.43. The summed E-state index contributed by atoms with van der Waals surface area (Å²) >= 11 is 1.37. The molecule has 3 rings (SSSR count). The highest BCUT2D eigenvalue weighted by Gasteiger charge is 2.22. The molecule has 3 aromatic rings. The van der Waals surface area contributed by atoms with Crippen LogP contribution in [0.3, 0.4) is 0 Å². The van der Waals surface area contributed by atoms with E-state index in [4.69, 9.17) is 0 Å². The lowest BCUT2D eigenvalue weighted by Crippen LogP contribution is -2.05. The van der Waals surface area contributed by atoms with E-state index >= 15 is 0 Å². The van der Waals surface area contributed by atoms with Gasteiger partial charge in [-0.3, -0.25) is 0 Å². The molecule has 7 heteroatoms. The third-order valence-corrected chi connectivity index (χ3v) is 6.09. The van der Waals surface area contributed by atoms with Crippen LogP contribution in [0.25, 0.3) is 22.6 Å². The summed E-state index contributed by atoms with van der Waals surface area (Å²) < 4.78 is 26.2. The maximum atomic E-state index is 12.2. The molecule has 0 unspecified atom stereocenters. The molecule has 0 saturated carbocycles. The number of hydrogen-bond acceptors (Lipinski definition) is 5. The van der Waals surface area contributed by atoms with Crippen molar-refractivity contribution >= 4 is 32.3 Å². The Morgan fingerprint density at radius 2 is 2.10 bits per heavy atom. The van der Waals surface area contributed by atoms with Crippen LogP contribution in [-0.4, -0.2) is 28.7 Å². The first kappa shape index (κ1) is 14.2. The number of thiophene rings is 1. The van der Waals surface area contributed by atoms with E-state index < -0.39 is 9.84 Å². The quantitative estimate of drug-likeness (QED) is 0.744. The lowest BCUT2D eigenvalue weighted by molar-refractivity contribution is 0.598. The average Bonchev–Trinajstić information content (AvgIpc) is 3.04. The number of rotatable bonds is 3. The smallest absolute Gasteiger partial charge is 0.179 e. The van der Waals surface area contributed by atoms with Crippen molar-refractivity contribution in [2.24, 2.45) is 7.05 Å². The molecule has 110 valence electrons. The Morgan fingerprint density at radius 1 is 1.33 bits per heavy atom. The van der Waals surface area contributed by atoms with Crippen LogP contribution in [0.2, 0.25) is 0 Å². The Morgan fingerprint density at radius 3 is 2.81 bits per heavy atom. The summed E-state index contributed by atoms with van der Waals surface area (Å²) in [5, 5.41) is 3.50. The Bertz CT molecular complexity index is 923. The molecule has 0 atom stereocenters. The Hall–Kier alpha value is -1.73. The zero-order chi connectivity index (χ0) is 15.2. The highest BCUT2D eigenvalue weighted by Crippen LogP contribution is 2.32. The Balaban J connectivity index is 2.27. The molecule has 3 heterocycles. The molecule has 21 heavy (non-hydrogen) atoms. The van der Waals surface area contributed by atoms with E-state index in [0.29, 0.717) is 16.3 Å². The van der Waals surface area contributed by atoms with Gasteiger partial charge >= 0.3 is 0 Å². The van der Waals surface area contributed by atoms with Gasteiger partial charge < -0.3 is 4.57 Å². The fourth-order valence-corrected chi connectivity index (χ4v) is 4.57. The summed E-state index contributed by atoms with van der Waals surface area (Å²) in [7, 11) is -1.41. The van der Waals surface area contributed by atoms with Gasteiger partial charge in [0, 0.05) is 29.6 Å². The van der Waals surface area contributed by atoms with Crippen LogP contribution in [0.15, 0.2) is 27.9 Å². The van der Waals surface area contributed by atoms with Crippen molar-refractivity contribution < 1.29 is 8.42 Å². The molecule has 0 spiro atoms. The minimum Gasteiger partial charge on any atom is -0.312 e. The zero-order valence-corrected chi connectivity index (χ0v) is 13.6. The fraction of sp³-hybridized carbons (Fsp3) is 0.286. The van der Waals surface area contributed by atoms with Crippen LogP contribution in [0.4, 0.5) is 0 Å². The van der Waals surface area contributed by atoms with Crippen molar-refractivity contribution in [2.45, 2.75) is 18.7 Å². The van der Waals surface area contributed by atoms with Crippen molar-refractivity contribution in [1.29, 1.82) is 0 Å². The van der Waals surface area contributed by atoms with Crippen molar-refractivity contribution in [3.05, 3.63) is 28.6 Å². The zero-order valence-electron chi connectivity index (χ0n) is 12.0. The lowest BCUT2D eigenvalue weighted by Gasteiger charge is -2.04. The van der Waals surface area contributed by atoms with Gasteiger partial charge in [0.25, 0.3) is 0 Å². The number of nitrogens with zero attached hydrogens (tertiary/aromatic N) is 3. The van der Waals surface area contributed by atoms with Crippen LogP contribution in [0, 0.1) is 6.92 Å². The summed E-state index contributed by atoms with van der Waals surface area (Å²) in [6.45, 7) is 3.61. The van der Waals surface area contributed by atoms with Gasteiger partial charge in [0.2, 0.25) is 0 Å². The number of aromatic nitrogens is 3. The molecular formula is C14H15N3O2S2. The van der Waals surface area contributed by atoms with E-state index in [1.807, 2.05) is 30.0 Å². The fourth-order valence-electron chi connectivity index (χ4n) is 2.26. The molecule has 0 N–H and O–H groups in total. The SMILES string of the molecule is CCS(=O)(=O)c1cscc1-c1nc2cc(C)cnc2n1C. The first-order valence-corrected chi connectivity index (χ1v) is 9.12. The molecular weight excluding hydrogens is 306 g/mol. The van der Waals surface area contributed by atoms with E-state index in [1.165, 1.54) is 11.3 Å². The molecule has 0 aliphatic carbocycles. The molecule has 0 aromatic carbocycles. The standard InChI is InChI=1S/C14H15N3O2S2/c1-4-21(18,19)12-8-20-7-10(12)13-16-11-5-9(2)6-15-14(11)17(13)3/h5-8H,4H2,1-3H3. The van der Waals surface area contributed by atoms with Crippen molar-refractivity contribution in [1.82, 2.24) is 14.5 Å². The maximum absolute atomic E-state index is 12.2. The number of fused-ring (bicyclic) bond motifs is 1. The molecule has 0 saturated heterocycles. The summed E-state index contributed by atoms with van der Waals surface area (Å²) in [6.07, 6.45) is 1.78. The van der Waals surface area contributed by atoms with E-state index in [9.17, 15) is 8.42 Å². The van der Waals surface area contributed by atoms with E-state index in [0.717, 1.165) is 16.7 Å². The van der Waals surface area contributed by atoms with E-state index in [-0.39, 0.29) is 5.75 Å². The summed E-state index contributed by atoms with van der Waals surface area (Å²) in [6, 6.07) is 1.95. The second kappa shape index (κ2) is 4.92. The Kier molecular flexibility index (Phi) is 3.33. The number of hydrogen-bond donors (Lipinski definition) is 0. The predicted octanol–water partition coefficient (Wildman–Crippen LogP) is 2.80. The van der Waals surface area contributed by atoms with Crippen molar-refractivity contribution in [3.63, 3.8) is 0 Å². The number of imidazole rings is 1. The second-order valence-corrected chi connectivity index (χ2v) is 7.89. The molecule has 0 fully saturated rings. The van der Waals surface area contributed by atoms with Crippen LogP contribution < -0.4 is 0 Å². The second-order valence-electron chi connectivity index (χ2n) is 4.90. The van der Waals surface area contributed by atoms with Crippen molar-refractivity contribution in [2.75, 3.05) is 5.75 Å². The largest absolute Gasteiger partial charge is 0.312 e. The van der Waals surface area contributed by atoms with Gasteiger partial charge in [-0.05, 0) is 18.6 Å². The van der Waals surface area contributed by atoms with Crippen molar-refractivity contribution in [3.8, 4) is 11.4 Å². The van der Waals surface area contributed by atoms with Crippen LogP contribution >= 0.6 is 11.3 Å². The topological polar surface area (TPSA) is 64.8 Å². The maximum Gasteiger partial charge on any atom is 0.179 e. The third kappa shape index (κ3) is 2.26. The van der Waals surface area contributed by atoms with Gasteiger partial charge in [0.05, 0.1) is 10.6 Å². The molecule has 3 aromatic heterocycles. The summed E-state index contributed by atoms with van der Waals surface area (Å²) in [5.74, 6) is 0.717. The highest BCUT2D eigenvalue weighted by molar-refractivity contribution is 7.91. The predicted molar refractivity (Wildman–Crippen MR) is 84.3 cm³/mol. The van der Waals surface area contributed by atoms with Gasteiger partial charge in [-0.1, -0.05) is 6.92 Å². The Labute approximate surface area is 127 Å². The number of pyridine rings is 1. The first-order valence-electron chi connectivity index (χ1n) is 6.52. The minimum atomic E-state index is -3.26.